The van der Waals surface area contributed by atoms with Crippen LogP contribution in [0.2, 0.25) is 0 Å². The number of carbonyl (C=O) groups is 2. The highest BCUT2D eigenvalue weighted by Gasteiger charge is 2.23. The molecule has 0 unspecified atom stereocenters. The minimum Gasteiger partial charge on any atom is -0.355 e. The van der Waals surface area contributed by atoms with E-state index in [9.17, 15) is 9.59 Å². The second kappa shape index (κ2) is 11.8. The zero-order valence-electron chi connectivity index (χ0n) is 21.0. The van der Waals surface area contributed by atoms with Crippen LogP contribution in [0.5, 0.6) is 0 Å². The first-order chi connectivity index (χ1) is 18.2. The number of nitrogens with zero attached hydrogens (tertiary/aromatic N) is 3. The van der Waals surface area contributed by atoms with Gasteiger partial charge in [-0.2, -0.15) is 0 Å². The molecule has 2 amide bonds. The molecule has 0 spiro atoms. The first-order valence-electron chi connectivity index (χ1n) is 12.9. The van der Waals surface area contributed by atoms with Crippen LogP contribution in [-0.2, 0) is 11.2 Å². The van der Waals surface area contributed by atoms with E-state index >= 15 is 0 Å². The molecule has 0 aliphatic carbocycles. The van der Waals surface area contributed by atoms with Gasteiger partial charge in [-0.3, -0.25) is 14.5 Å². The summed E-state index contributed by atoms with van der Waals surface area (Å²) >= 11 is 0. The molecular formula is C31H32N4O2. The van der Waals surface area contributed by atoms with E-state index in [1.54, 1.807) is 0 Å². The fourth-order valence-corrected chi connectivity index (χ4v) is 4.86. The monoisotopic (exact) mass is 492 g/mol. The summed E-state index contributed by atoms with van der Waals surface area (Å²) in [6.45, 7) is 3.71. The molecule has 37 heavy (non-hydrogen) atoms. The van der Waals surface area contributed by atoms with Crippen LogP contribution >= 0.6 is 0 Å². The van der Waals surface area contributed by atoms with Crippen molar-refractivity contribution < 1.29 is 9.59 Å². The SMILES string of the molecule is O=C(CN1CCCN(C(=O)c2cc(-c3ccccc3)nc3ccccc23)CC1)NCCc1ccccc1. The largest absolute Gasteiger partial charge is 0.355 e. The standard InChI is InChI=1S/C31H32N4O2/c36-30(32-17-16-24-10-3-1-4-11-24)23-34-18-9-19-35(21-20-34)31(37)27-22-29(25-12-5-2-6-13-25)33-28-15-8-7-14-26(27)28/h1-8,10-15,22H,9,16-21,23H2,(H,32,36). The molecule has 1 aliphatic rings. The van der Waals surface area contributed by atoms with Gasteiger partial charge in [-0.05, 0) is 30.5 Å². The highest BCUT2D eigenvalue weighted by Crippen LogP contribution is 2.26. The highest BCUT2D eigenvalue weighted by molar-refractivity contribution is 6.07. The topological polar surface area (TPSA) is 65.5 Å². The maximum absolute atomic E-state index is 13.8. The third-order valence-electron chi connectivity index (χ3n) is 6.84. The molecule has 0 radical (unpaired) electrons. The van der Waals surface area contributed by atoms with E-state index in [1.807, 2.05) is 83.8 Å². The van der Waals surface area contributed by atoms with Gasteiger partial charge >= 0.3 is 0 Å². The lowest BCUT2D eigenvalue weighted by Gasteiger charge is -2.22. The van der Waals surface area contributed by atoms with E-state index in [0.29, 0.717) is 38.3 Å². The van der Waals surface area contributed by atoms with Gasteiger partial charge < -0.3 is 10.2 Å². The number of aromatic nitrogens is 1. The summed E-state index contributed by atoms with van der Waals surface area (Å²) in [6.07, 6.45) is 1.65. The van der Waals surface area contributed by atoms with E-state index in [-0.39, 0.29) is 11.8 Å². The zero-order valence-corrected chi connectivity index (χ0v) is 21.0. The van der Waals surface area contributed by atoms with Crippen LogP contribution < -0.4 is 5.32 Å². The summed E-state index contributed by atoms with van der Waals surface area (Å²) in [4.78, 5) is 35.2. The van der Waals surface area contributed by atoms with Gasteiger partial charge in [0.1, 0.15) is 0 Å². The van der Waals surface area contributed by atoms with Crippen LogP contribution in [0, 0.1) is 0 Å². The van der Waals surface area contributed by atoms with Crippen molar-refractivity contribution in [3.8, 4) is 11.3 Å². The number of nitrogens with one attached hydrogen (secondary N) is 1. The van der Waals surface area contributed by atoms with Gasteiger partial charge in [0.25, 0.3) is 5.91 Å². The summed E-state index contributed by atoms with van der Waals surface area (Å²) in [5.74, 6) is 0.0493. The Morgan fingerprint density at radius 1 is 0.811 bits per heavy atom. The van der Waals surface area contributed by atoms with E-state index in [0.717, 1.165) is 41.5 Å². The number of pyridine rings is 1. The molecule has 188 valence electrons. The molecule has 1 saturated heterocycles. The molecule has 6 heteroatoms. The summed E-state index contributed by atoms with van der Waals surface area (Å²) in [5.41, 5.74) is 4.49. The maximum atomic E-state index is 13.8. The molecule has 3 aromatic carbocycles. The molecule has 4 aromatic rings. The zero-order chi connectivity index (χ0) is 25.5. The number of amides is 2. The Morgan fingerprint density at radius 2 is 1.54 bits per heavy atom. The van der Waals surface area contributed by atoms with Crippen LogP contribution in [0.1, 0.15) is 22.3 Å². The van der Waals surface area contributed by atoms with Crippen LogP contribution in [0.15, 0.2) is 91.0 Å². The van der Waals surface area contributed by atoms with Crippen LogP contribution in [0.3, 0.4) is 0 Å². The average Bonchev–Trinajstić information content (AvgIpc) is 3.18. The molecular weight excluding hydrogens is 460 g/mol. The first-order valence-corrected chi connectivity index (χ1v) is 12.9. The molecule has 6 nitrogen and oxygen atoms in total. The van der Waals surface area contributed by atoms with Crippen molar-refractivity contribution in [2.75, 3.05) is 39.3 Å². The highest BCUT2D eigenvalue weighted by atomic mass is 16.2. The molecule has 0 bridgehead atoms. The second-order valence-electron chi connectivity index (χ2n) is 9.45. The quantitative estimate of drug-likeness (QED) is 0.415. The van der Waals surface area contributed by atoms with Crippen LogP contribution in [-0.4, -0.2) is 65.9 Å². The third kappa shape index (κ3) is 6.22. The van der Waals surface area contributed by atoms with Gasteiger partial charge in [0.2, 0.25) is 5.91 Å². The predicted octanol–water partition coefficient (Wildman–Crippen LogP) is 4.41. The number of benzene rings is 3. The van der Waals surface area contributed by atoms with Crippen molar-refractivity contribution >= 4 is 22.7 Å². The van der Waals surface area contributed by atoms with E-state index in [4.69, 9.17) is 4.98 Å². The van der Waals surface area contributed by atoms with E-state index < -0.39 is 0 Å². The smallest absolute Gasteiger partial charge is 0.254 e. The molecule has 1 aromatic heterocycles. The Kier molecular flexibility index (Phi) is 7.87. The average molecular weight is 493 g/mol. The molecule has 0 atom stereocenters. The van der Waals surface area contributed by atoms with Crippen LogP contribution in [0.4, 0.5) is 0 Å². The fourth-order valence-electron chi connectivity index (χ4n) is 4.86. The van der Waals surface area contributed by atoms with Gasteiger partial charge in [-0.15, -0.1) is 0 Å². The number of carbonyl (C=O) groups excluding carboxylic acids is 2. The summed E-state index contributed by atoms with van der Waals surface area (Å²) < 4.78 is 0. The van der Waals surface area contributed by atoms with Gasteiger partial charge in [0.05, 0.1) is 23.3 Å². The number of para-hydroxylation sites is 1. The van der Waals surface area contributed by atoms with Gasteiger partial charge in [-0.1, -0.05) is 78.9 Å². The minimum absolute atomic E-state index is 0.0185. The van der Waals surface area contributed by atoms with Crippen molar-refractivity contribution in [2.45, 2.75) is 12.8 Å². The molecule has 1 N–H and O–H groups in total. The van der Waals surface area contributed by atoms with E-state index in [1.165, 1.54) is 5.56 Å². The number of rotatable bonds is 7. The Hall–Kier alpha value is -4.03. The molecule has 1 aliphatic heterocycles. The van der Waals surface area contributed by atoms with Crippen molar-refractivity contribution in [2.24, 2.45) is 0 Å². The number of fused-ring (bicyclic) bond motifs is 1. The van der Waals surface area contributed by atoms with E-state index in [2.05, 4.69) is 22.3 Å². The normalized spacial score (nSPS) is 14.3. The summed E-state index contributed by atoms with van der Waals surface area (Å²) in [6, 6.07) is 29.9. The Labute approximate surface area is 217 Å². The van der Waals surface area contributed by atoms with Gasteiger partial charge in [0.15, 0.2) is 0 Å². The minimum atomic E-state index is 0.0185. The molecule has 1 fully saturated rings. The van der Waals surface area contributed by atoms with Crippen LogP contribution in [0.25, 0.3) is 22.2 Å². The first kappa shape index (κ1) is 24.7. The Balaban J connectivity index is 1.23. The number of hydrogen-bond donors (Lipinski definition) is 1. The summed E-state index contributed by atoms with van der Waals surface area (Å²) in [7, 11) is 0. The summed E-state index contributed by atoms with van der Waals surface area (Å²) in [5, 5.41) is 3.90. The van der Waals surface area contributed by atoms with Crippen molar-refractivity contribution in [3.63, 3.8) is 0 Å². The fraction of sp³-hybridized carbons (Fsp3) is 0.258. The van der Waals surface area contributed by atoms with Crippen molar-refractivity contribution in [3.05, 3.63) is 102 Å². The maximum Gasteiger partial charge on any atom is 0.254 e. The lowest BCUT2D eigenvalue weighted by Crippen LogP contribution is -2.40. The lowest BCUT2D eigenvalue weighted by atomic mass is 10.0. The second-order valence-corrected chi connectivity index (χ2v) is 9.45. The third-order valence-corrected chi connectivity index (χ3v) is 6.84. The van der Waals surface area contributed by atoms with Crippen molar-refractivity contribution in [1.29, 1.82) is 0 Å². The predicted molar refractivity (Wildman–Crippen MR) is 147 cm³/mol. The van der Waals surface area contributed by atoms with Gasteiger partial charge in [0, 0.05) is 43.7 Å². The lowest BCUT2D eigenvalue weighted by molar-refractivity contribution is -0.122. The Morgan fingerprint density at radius 3 is 2.35 bits per heavy atom. The molecule has 0 saturated carbocycles. The molecule has 5 rings (SSSR count). The van der Waals surface area contributed by atoms with Gasteiger partial charge in [-0.25, -0.2) is 4.98 Å². The Bertz CT molecular complexity index is 1360. The molecule has 2 heterocycles. The number of hydrogen-bond acceptors (Lipinski definition) is 4. The van der Waals surface area contributed by atoms with Crippen molar-refractivity contribution in [1.82, 2.24) is 20.1 Å².